The van der Waals surface area contributed by atoms with Gasteiger partial charge in [-0.1, -0.05) is 43.3 Å². The molecule has 2 aromatic rings. The van der Waals surface area contributed by atoms with E-state index in [1.54, 1.807) is 0 Å². The summed E-state index contributed by atoms with van der Waals surface area (Å²) in [5.41, 5.74) is 2.11. The van der Waals surface area contributed by atoms with Crippen LogP contribution < -0.4 is 0 Å². The van der Waals surface area contributed by atoms with Crippen LogP contribution in [-0.4, -0.2) is 30.3 Å². The number of carbonyl (C=O) groups excluding carboxylic acids is 1. The molecule has 0 saturated carbocycles. The van der Waals surface area contributed by atoms with Crippen LogP contribution in [0, 0.1) is 12.8 Å². The van der Waals surface area contributed by atoms with Gasteiger partial charge >= 0.3 is 0 Å². The average molecular weight is 295 g/mol. The summed E-state index contributed by atoms with van der Waals surface area (Å²) in [6, 6.07) is 12.3. The predicted molar refractivity (Wildman–Crippen MR) is 92.5 cm³/mol. The van der Waals surface area contributed by atoms with Gasteiger partial charge in [0.25, 0.3) is 0 Å². The predicted octanol–water partition coefficient (Wildman–Crippen LogP) is 4.45. The molecule has 1 aliphatic rings. The van der Waals surface area contributed by atoms with Crippen LogP contribution in [0.1, 0.15) is 42.1 Å². The van der Waals surface area contributed by atoms with Crippen molar-refractivity contribution in [2.24, 2.45) is 5.92 Å². The third kappa shape index (κ3) is 3.22. The minimum absolute atomic E-state index is 0.273. The summed E-state index contributed by atoms with van der Waals surface area (Å²) in [6.07, 6.45) is 3.16. The van der Waals surface area contributed by atoms with Crippen molar-refractivity contribution in [2.45, 2.75) is 33.1 Å². The summed E-state index contributed by atoms with van der Waals surface area (Å²) in [5, 5.41) is 2.29. The molecule has 0 atom stereocenters. The number of hydrogen-bond donors (Lipinski definition) is 0. The van der Waals surface area contributed by atoms with Gasteiger partial charge in [-0.15, -0.1) is 0 Å². The zero-order chi connectivity index (χ0) is 15.5. The number of hydrogen-bond acceptors (Lipinski definition) is 2. The Morgan fingerprint density at radius 3 is 2.50 bits per heavy atom. The lowest BCUT2D eigenvalue weighted by Crippen LogP contribution is -2.34. The third-order valence-electron chi connectivity index (χ3n) is 4.97. The fourth-order valence-corrected chi connectivity index (χ4v) is 3.37. The molecule has 1 fully saturated rings. The molecule has 1 aliphatic heterocycles. The number of ketones is 1. The van der Waals surface area contributed by atoms with Crippen molar-refractivity contribution in [3.63, 3.8) is 0 Å². The molecule has 2 aromatic carbocycles. The van der Waals surface area contributed by atoms with Crippen LogP contribution in [0.2, 0.25) is 0 Å². The zero-order valence-corrected chi connectivity index (χ0v) is 13.6. The average Bonchev–Trinajstić information content (AvgIpc) is 2.55. The molecular formula is C20H25NO. The molecule has 0 radical (unpaired) electrons. The molecule has 0 bridgehead atoms. The molecule has 116 valence electrons. The first-order chi connectivity index (χ1) is 10.6. The Kier molecular flexibility index (Phi) is 4.58. The minimum Gasteiger partial charge on any atom is -0.303 e. The molecule has 22 heavy (non-hydrogen) atoms. The summed E-state index contributed by atoms with van der Waals surface area (Å²) < 4.78 is 0. The first-order valence-electron chi connectivity index (χ1n) is 8.39. The number of carbonyl (C=O) groups is 1. The molecule has 2 heteroatoms. The van der Waals surface area contributed by atoms with E-state index in [-0.39, 0.29) is 5.78 Å². The van der Waals surface area contributed by atoms with Crippen molar-refractivity contribution < 1.29 is 4.79 Å². The number of aryl methyl sites for hydroxylation is 1. The van der Waals surface area contributed by atoms with Crippen molar-refractivity contribution in [2.75, 3.05) is 19.6 Å². The molecule has 1 heterocycles. The lowest BCUT2D eigenvalue weighted by Gasteiger charge is -2.29. The lowest BCUT2D eigenvalue weighted by atomic mass is 9.96. The Balaban J connectivity index is 1.71. The highest BCUT2D eigenvalue weighted by Gasteiger charge is 2.17. The fraction of sp³-hybridized carbons (Fsp3) is 0.450. The van der Waals surface area contributed by atoms with E-state index in [4.69, 9.17) is 0 Å². The molecule has 1 saturated heterocycles. The molecule has 3 rings (SSSR count). The summed E-state index contributed by atoms with van der Waals surface area (Å²) in [5.74, 6) is 1.11. The van der Waals surface area contributed by atoms with Crippen LogP contribution in [0.15, 0.2) is 36.4 Å². The molecule has 0 spiro atoms. The summed E-state index contributed by atoms with van der Waals surface area (Å²) in [4.78, 5) is 15.1. The molecule has 0 aliphatic carbocycles. The smallest absolute Gasteiger partial charge is 0.164 e. The van der Waals surface area contributed by atoms with Crippen molar-refractivity contribution in [1.82, 2.24) is 4.90 Å². The Hall–Kier alpha value is -1.67. The van der Waals surface area contributed by atoms with Gasteiger partial charge in [0.2, 0.25) is 0 Å². The van der Waals surface area contributed by atoms with Gasteiger partial charge in [0, 0.05) is 18.5 Å². The normalized spacial score (nSPS) is 17.0. The highest BCUT2D eigenvalue weighted by Crippen LogP contribution is 2.24. The van der Waals surface area contributed by atoms with Gasteiger partial charge in [-0.2, -0.15) is 0 Å². The third-order valence-corrected chi connectivity index (χ3v) is 4.97. The quantitative estimate of drug-likeness (QED) is 0.777. The van der Waals surface area contributed by atoms with E-state index in [2.05, 4.69) is 36.9 Å². The van der Waals surface area contributed by atoms with Crippen LogP contribution in [0.5, 0.6) is 0 Å². The molecule has 0 amide bonds. The number of fused-ring (bicyclic) bond motifs is 1. The zero-order valence-electron chi connectivity index (χ0n) is 13.6. The summed E-state index contributed by atoms with van der Waals surface area (Å²) in [7, 11) is 0. The van der Waals surface area contributed by atoms with Gasteiger partial charge < -0.3 is 4.90 Å². The van der Waals surface area contributed by atoms with Gasteiger partial charge in [-0.05, 0) is 55.1 Å². The van der Waals surface area contributed by atoms with Gasteiger partial charge in [-0.3, -0.25) is 4.79 Å². The Morgan fingerprint density at radius 1 is 1.09 bits per heavy atom. The second kappa shape index (κ2) is 6.62. The van der Waals surface area contributed by atoms with E-state index in [9.17, 15) is 4.79 Å². The number of benzene rings is 2. The van der Waals surface area contributed by atoms with Crippen LogP contribution in [0.3, 0.4) is 0 Å². The van der Waals surface area contributed by atoms with Crippen molar-refractivity contribution >= 4 is 16.6 Å². The number of nitrogens with zero attached hydrogens (tertiary/aromatic N) is 1. The van der Waals surface area contributed by atoms with E-state index < -0.39 is 0 Å². The van der Waals surface area contributed by atoms with E-state index in [1.807, 2.05) is 18.2 Å². The Labute approximate surface area is 133 Å². The molecule has 0 unspecified atom stereocenters. The topological polar surface area (TPSA) is 20.3 Å². The van der Waals surface area contributed by atoms with Crippen LogP contribution >= 0.6 is 0 Å². The Morgan fingerprint density at radius 2 is 1.77 bits per heavy atom. The molecule has 2 nitrogen and oxygen atoms in total. The number of Topliss-reactive ketones (excluding diaryl/α,β-unsaturated/α-hetero) is 1. The maximum absolute atomic E-state index is 12.7. The lowest BCUT2D eigenvalue weighted by molar-refractivity contribution is 0.0954. The number of piperidine rings is 1. The monoisotopic (exact) mass is 295 g/mol. The molecule has 0 N–H and O–H groups in total. The fourth-order valence-electron chi connectivity index (χ4n) is 3.37. The maximum Gasteiger partial charge on any atom is 0.164 e. The largest absolute Gasteiger partial charge is 0.303 e. The van der Waals surface area contributed by atoms with Gasteiger partial charge in [0.15, 0.2) is 5.78 Å². The highest BCUT2D eigenvalue weighted by atomic mass is 16.1. The van der Waals surface area contributed by atoms with E-state index >= 15 is 0 Å². The van der Waals surface area contributed by atoms with Crippen LogP contribution in [0.4, 0.5) is 0 Å². The van der Waals surface area contributed by atoms with Crippen LogP contribution in [-0.2, 0) is 0 Å². The standard InChI is InChI=1S/C20H25NO/c1-15-9-12-21(13-10-15)14-11-20(22)19-8-7-16(2)17-5-3-4-6-18(17)19/h3-8,15H,9-14H2,1-2H3. The van der Waals surface area contributed by atoms with E-state index in [0.717, 1.165) is 36.5 Å². The van der Waals surface area contributed by atoms with Crippen molar-refractivity contribution in [1.29, 1.82) is 0 Å². The SMILES string of the molecule is Cc1ccc(C(=O)CCN2CCC(C)CC2)c2ccccc12. The number of rotatable bonds is 4. The van der Waals surface area contributed by atoms with Crippen LogP contribution in [0.25, 0.3) is 10.8 Å². The first-order valence-corrected chi connectivity index (χ1v) is 8.39. The highest BCUT2D eigenvalue weighted by molar-refractivity contribution is 6.08. The first kappa shape index (κ1) is 15.2. The van der Waals surface area contributed by atoms with E-state index in [0.29, 0.717) is 6.42 Å². The van der Waals surface area contributed by atoms with Crippen molar-refractivity contribution in [3.05, 3.63) is 47.5 Å². The van der Waals surface area contributed by atoms with Gasteiger partial charge in [0.1, 0.15) is 0 Å². The molecule has 0 aromatic heterocycles. The second-order valence-corrected chi connectivity index (χ2v) is 6.67. The summed E-state index contributed by atoms with van der Waals surface area (Å²) in [6.45, 7) is 7.60. The van der Waals surface area contributed by atoms with Gasteiger partial charge in [-0.25, -0.2) is 0 Å². The minimum atomic E-state index is 0.273. The second-order valence-electron chi connectivity index (χ2n) is 6.67. The molecular weight excluding hydrogens is 270 g/mol. The summed E-state index contributed by atoms with van der Waals surface area (Å²) >= 11 is 0. The van der Waals surface area contributed by atoms with E-state index in [1.165, 1.54) is 23.8 Å². The maximum atomic E-state index is 12.7. The van der Waals surface area contributed by atoms with Crippen molar-refractivity contribution in [3.8, 4) is 0 Å². The van der Waals surface area contributed by atoms with Gasteiger partial charge in [0.05, 0.1) is 0 Å². The number of likely N-dealkylation sites (tertiary alicyclic amines) is 1. The Bertz CT molecular complexity index is 668.